The van der Waals surface area contributed by atoms with Crippen molar-refractivity contribution < 1.29 is 9.53 Å². The van der Waals surface area contributed by atoms with Crippen molar-refractivity contribution in [2.24, 2.45) is 5.92 Å². The molecule has 0 amide bonds. The zero-order valence-electron chi connectivity index (χ0n) is 15.9. The van der Waals surface area contributed by atoms with E-state index in [-0.39, 0.29) is 19.3 Å². The highest BCUT2D eigenvalue weighted by molar-refractivity contribution is 5.70. The fourth-order valence-corrected chi connectivity index (χ4v) is 1.61. The van der Waals surface area contributed by atoms with Crippen molar-refractivity contribution in [2.45, 2.75) is 75.7 Å². The molecule has 0 N–H and O–H groups in total. The van der Waals surface area contributed by atoms with Crippen LogP contribution in [0.5, 0.6) is 0 Å². The fraction of sp³-hybridized carbons (Fsp3) is 0.571. The Balaban J connectivity index is -0.000000231. The van der Waals surface area contributed by atoms with Gasteiger partial charge in [-0.1, -0.05) is 92.8 Å². The summed E-state index contributed by atoms with van der Waals surface area (Å²) < 4.78 is 4.93. The standard InChI is InChI=1S/C14H18O2.3C2H6.CH4/c1-11(2)16-14(15)10-12(3)9-13-7-5-4-6-8-13;3*1-2;/h4-8,12H,1,9-10H2,2-3H3;3*1-2H3;1H4. The van der Waals surface area contributed by atoms with E-state index in [1.165, 1.54) is 5.56 Å². The summed E-state index contributed by atoms with van der Waals surface area (Å²) in [6.45, 7) is 19.3. The Morgan fingerprint density at radius 3 is 1.87 bits per heavy atom. The number of esters is 1. The number of benzene rings is 1. The number of rotatable bonds is 5. The predicted octanol–water partition coefficient (Wildman–Crippen LogP) is 7.05. The minimum atomic E-state index is -0.198. The highest BCUT2D eigenvalue weighted by atomic mass is 16.5. The molecule has 0 aliphatic heterocycles. The van der Waals surface area contributed by atoms with Crippen LogP contribution in [0.25, 0.3) is 0 Å². The first-order valence-corrected chi connectivity index (χ1v) is 8.48. The van der Waals surface area contributed by atoms with Crippen LogP contribution in [0.3, 0.4) is 0 Å². The number of hydrogen-bond acceptors (Lipinski definition) is 2. The number of ether oxygens (including phenoxy) is 1. The third-order valence-electron chi connectivity index (χ3n) is 2.23. The lowest BCUT2D eigenvalue weighted by molar-refractivity contribution is -0.140. The summed E-state index contributed by atoms with van der Waals surface area (Å²) >= 11 is 0. The Hall–Kier alpha value is -1.57. The van der Waals surface area contributed by atoms with Gasteiger partial charge in [-0.05, 0) is 24.8 Å². The van der Waals surface area contributed by atoms with E-state index in [1.807, 2.05) is 66.7 Å². The summed E-state index contributed by atoms with van der Waals surface area (Å²) in [7, 11) is 0. The van der Waals surface area contributed by atoms with Crippen LogP contribution >= 0.6 is 0 Å². The molecule has 1 rings (SSSR count). The smallest absolute Gasteiger partial charge is 0.311 e. The maximum Gasteiger partial charge on any atom is 0.311 e. The molecular formula is C21H40O2. The summed E-state index contributed by atoms with van der Waals surface area (Å²) in [6.07, 6.45) is 1.33. The van der Waals surface area contributed by atoms with Crippen molar-refractivity contribution in [3.8, 4) is 0 Å². The SMILES string of the molecule is C.C=C(C)OC(=O)CC(C)Cc1ccccc1.CC.CC.CC. The maximum absolute atomic E-state index is 11.4. The fourth-order valence-electron chi connectivity index (χ4n) is 1.61. The van der Waals surface area contributed by atoms with Crippen molar-refractivity contribution in [3.63, 3.8) is 0 Å². The second-order valence-corrected chi connectivity index (χ2v) is 4.18. The van der Waals surface area contributed by atoms with Crippen molar-refractivity contribution in [3.05, 3.63) is 48.2 Å². The molecule has 0 saturated carbocycles. The monoisotopic (exact) mass is 324 g/mol. The molecule has 0 spiro atoms. The Morgan fingerprint density at radius 2 is 1.48 bits per heavy atom. The predicted molar refractivity (Wildman–Crippen MR) is 106 cm³/mol. The lowest BCUT2D eigenvalue weighted by Crippen LogP contribution is -2.10. The van der Waals surface area contributed by atoms with Crippen LogP contribution in [0, 0.1) is 5.92 Å². The maximum atomic E-state index is 11.4. The largest absolute Gasteiger partial charge is 0.432 e. The molecule has 0 fully saturated rings. The van der Waals surface area contributed by atoms with Gasteiger partial charge in [0.25, 0.3) is 0 Å². The van der Waals surface area contributed by atoms with Crippen LogP contribution < -0.4 is 0 Å². The molecule has 2 heteroatoms. The van der Waals surface area contributed by atoms with Crippen LogP contribution in [-0.2, 0) is 16.0 Å². The van der Waals surface area contributed by atoms with Gasteiger partial charge in [-0.2, -0.15) is 0 Å². The second kappa shape index (κ2) is 22.7. The van der Waals surface area contributed by atoms with E-state index >= 15 is 0 Å². The molecule has 0 radical (unpaired) electrons. The van der Waals surface area contributed by atoms with Crippen molar-refractivity contribution in [2.75, 3.05) is 0 Å². The highest BCUT2D eigenvalue weighted by Gasteiger charge is 2.11. The first-order chi connectivity index (χ1) is 10.6. The molecule has 0 saturated heterocycles. The van der Waals surface area contributed by atoms with Gasteiger partial charge in [-0.25, -0.2) is 0 Å². The molecule has 0 heterocycles. The van der Waals surface area contributed by atoms with Crippen molar-refractivity contribution in [1.29, 1.82) is 0 Å². The van der Waals surface area contributed by atoms with Gasteiger partial charge in [0.2, 0.25) is 0 Å². The topological polar surface area (TPSA) is 26.3 Å². The molecule has 1 unspecified atom stereocenters. The van der Waals surface area contributed by atoms with E-state index in [9.17, 15) is 4.79 Å². The number of hydrogen-bond donors (Lipinski definition) is 0. The summed E-state index contributed by atoms with van der Waals surface area (Å²) in [5.41, 5.74) is 1.25. The quantitative estimate of drug-likeness (QED) is 0.428. The molecular weight excluding hydrogens is 284 g/mol. The minimum Gasteiger partial charge on any atom is -0.432 e. The van der Waals surface area contributed by atoms with Crippen molar-refractivity contribution in [1.82, 2.24) is 0 Å². The van der Waals surface area contributed by atoms with Crippen molar-refractivity contribution >= 4 is 5.97 Å². The minimum absolute atomic E-state index is 0. The van der Waals surface area contributed by atoms with Crippen LogP contribution in [0.2, 0.25) is 0 Å². The van der Waals surface area contributed by atoms with Gasteiger partial charge in [0.1, 0.15) is 0 Å². The van der Waals surface area contributed by atoms with Gasteiger partial charge in [-0.15, -0.1) is 0 Å². The summed E-state index contributed by atoms with van der Waals surface area (Å²) in [5, 5.41) is 0. The Kier molecular flexibility index (Phi) is 29.1. The molecule has 23 heavy (non-hydrogen) atoms. The summed E-state index contributed by atoms with van der Waals surface area (Å²) in [6, 6.07) is 10.1. The van der Waals surface area contributed by atoms with Gasteiger partial charge < -0.3 is 4.74 Å². The highest BCUT2D eigenvalue weighted by Crippen LogP contribution is 2.12. The Labute approximate surface area is 146 Å². The van der Waals surface area contributed by atoms with E-state index in [0.717, 1.165) is 6.42 Å². The summed E-state index contributed by atoms with van der Waals surface area (Å²) in [4.78, 5) is 11.4. The molecule has 1 aromatic rings. The first kappa shape index (κ1) is 29.4. The third-order valence-corrected chi connectivity index (χ3v) is 2.23. The third kappa shape index (κ3) is 20.4. The molecule has 1 aromatic carbocycles. The van der Waals surface area contributed by atoms with Gasteiger partial charge in [0, 0.05) is 6.42 Å². The van der Waals surface area contributed by atoms with Gasteiger partial charge >= 0.3 is 5.97 Å². The van der Waals surface area contributed by atoms with E-state index in [4.69, 9.17) is 4.74 Å². The molecule has 2 nitrogen and oxygen atoms in total. The molecule has 1 atom stereocenters. The zero-order valence-corrected chi connectivity index (χ0v) is 15.9. The van der Waals surface area contributed by atoms with E-state index in [1.54, 1.807) is 6.92 Å². The zero-order chi connectivity index (χ0) is 18.0. The van der Waals surface area contributed by atoms with E-state index in [2.05, 4.69) is 18.7 Å². The van der Waals surface area contributed by atoms with Crippen LogP contribution in [-0.4, -0.2) is 5.97 Å². The van der Waals surface area contributed by atoms with E-state index in [0.29, 0.717) is 12.2 Å². The summed E-state index contributed by atoms with van der Waals surface area (Å²) in [5.74, 6) is 0.544. The lowest BCUT2D eigenvalue weighted by atomic mass is 9.98. The number of carbonyl (C=O) groups is 1. The average molecular weight is 325 g/mol. The second-order valence-electron chi connectivity index (χ2n) is 4.18. The van der Waals surface area contributed by atoms with Crippen LogP contribution in [0.4, 0.5) is 0 Å². The number of carbonyl (C=O) groups excluding carboxylic acids is 1. The molecule has 0 aromatic heterocycles. The molecule has 0 bridgehead atoms. The van der Waals surface area contributed by atoms with Crippen LogP contribution in [0.15, 0.2) is 42.7 Å². The van der Waals surface area contributed by atoms with Gasteiger partial charge in [0.15, 0.2) is 0 Å². The normalized spacial score (nSPS) is 9.04. The molecule has 0 aliphatic rings. The van der Waals surface area contributed by atoms with Crippen LogP contribution in [0.1, 0.15) is 74.8 Å². The van der Waals surface area contributed by atoms with E-state index < -0.39 is 0 Å². The number of allylic oxidation sites excluding steroid dienone is 1. The lowest BCUT2D eigenvalue weighted by Gasteiger charge is -2.10. The molecule has 0 aliphatic carbocycles. The van der Waals surface area contributed by atoms with Gasteiger partial charge in [0.05, 0.1) is 5.76 Å². The molecule has 136 valence electrons. The Bertz CT molecular complexity index is 355. The van der Waals surface area contributed by atoms with Gasteiger partial charge in [-0.3, -0.25) is 4.79 Å². The average Bonchev–Trinajstić information content (AvgIpc) is 2.53. The Morgan fingerprint density at radius 1 is 1.04 bits per heavy atom. The first-order valence-electron chi connectivity index (χ1n) is 8.48.